The van der Waals surface area contributed by atoms with Gasteiger partial charge in [0.15, 0.2) is 0 Å². The highest BCUT2D eigenvalue weighted by molar-refractivity contribution is 6.29. The van der Waals surface area contributed by atoms with E-state index in [1.54, 1.807) is 0 Å². The number of aryl methyl sites for hydroxylation is 4. The van der Waals surface area contributed by atoms with Gasteiger partial charge in [0.05, 0.1) is 33.1 Å². The van der Waals surface area contributed by atoms with Crippen LogP contribution in [0.15, 0.2) is 170 Å². The van der Waals surface area contributed by atoms with Crippen LogP contribution in [0.4, 0.5) is 17.1 Å². The normalized spacial score (nSPS) is 12.8. The average molecular weight is 822 g/mol. The molecular weight excluding hydrogens is 775 g/mol. The molecule has 306 valence electrons. The third-order valence-electron chi connectivity index (χ3n) is 15.0. The second kappa shape index (κ2) is 13.4. The summed E-state index contributed by atoms with van der Waals surface area (Å²) in [4.78, 5) is 2.42. The second-order valence-corrected chi connectivity index (χ2v) is 18.4. The number of hydrogen-bond donors (Lipinski definition) is 0. The van der Waals surface area contributed by atoms with E-state index in [4.69, 9.17) is 0 Å². The van der Waals surface area contributed by atoms with E-state index >= 15 is 0 Å². The Hall–Kier alpha value is -7.62. The smallest absolute Gasteiger partial charge is 0.0620 e. The summed E-state index contributed by atoms with van der Waals surface area (Å²) < 4.78 is 5.12. The molecule has 9 aromatic carbocycles. The molecule has 1 atom stereocenters. The summed E-state index contributed by atoms with van der Waals surface area (Å²) >= 11 is 0. The maximum atomic E-state index is 2.57. The van der Waals surface area contributed by atoms with Gasteiger partial charge in [-0.15, -0.1) is 0 Å². The Kier molecular flexibility index (Phi) is 7.77. The summed E-state index contributed by atoms with van der Waals surface area (Å²) in [5, 5.41) is 10.3. The van der Waals surface area contributed by atoms with Crippen molar-refractivity contribution < 1.29 is 0 Å². The minimum Gasteiger partial charge on any atom is -0.310 e. The predicted octanol–water partition coefficient (Wildman–Crippen LogP) is 16.5. The quantitative estimate of drug-likeness (QED) is 0.152. The van der Waals surface area contributed by atoms with Crippen molar-refractivity contribution in [2.45, 2.75) is 47.5 Å². The number of rotatable bonds is 6. The Morgan fingerprint density at radius 3 is 1.34 bits per heavy atom. The molecule has 0 bridgehead atoms. The zero-order chi connectivity index (χ0) is 43.1. The van der Waals surface area contributed by atoms with Crippen LogP contribution in [0.5, 0.6) is 0 Å². The van der Waals surface area contributed by atoms with Crippen LogP contribution in [-0.2, 0) is 0 Å². The van der Waals surface area contributed by atoms with E-state index in [9.17, 15) is 0 Å². The van der Waals surface area contributed by atoms with Crippen molar-refractivity contribution in [3.8, 4) is 0 Å². The van der Waals surface area contributed by atoms with E-state index in [0.717, 1.165) is 11.4 Å². The van der Waals surface area contributed by atoms with Gasteiger partial charge in [-0.2, -0.15) is 0 Å². The van der Waals surface area contributed by atoms with Crippen molar-refractivity contribution in [2.24, 2.45) is 0 Å². The van der Waals surface area contributed by atoms with Gasteiger partial charge in [0.1, 0.15) is 0 Å². The molecule has 0 radical (unpaired) electrons. The molecule has 0 aliphatic carbocycles. The van der Waals surface area contributed by atoms with Crippen molar-refractivity contribution in [1.82, 2.24) is 8.80 Å². The van der Waals surface area contributed by atoms with Gasteiger partial charge in [-0.1, -0.05) is 115 Å². The van der Waals surface area contributed by atoms with Crippen molar-refractivity contribution in [2.75, 3.05) is 4.90 Å². The Morgan fingerprint density at radius 1 is 0.312 bits per heavy atom. The Bertz CT molecular complexity index is 3710. The molecule has 0 spiro atoms. The zero-order valence-electron chi connectivity index (χ0n) is 37.1. The minimum atomic E-state index is 0.105. The van der Waals surface area contributed by atoms with Crippen molar-refractivity contribution in [3.05, 3.63) is 220 Å². The molecular formula is C61H47N3. The van der Waals surface area contributed by atoms with Crippen LogP contribution in [0.25, 0.3) is 76.2 Å². The lowest BCUT2D eigenvalue weighted by Gasteiger charge is -2.27. The molecule has 0 saturated heterocycles. The first-order valence-corrected chi connectivity index (χ1v) is 22.6. The van der Waals surface area contributed by atoms with Crippen LogP contribution >= 0.6 is 0 Å². The highest BCUT2D eigenvalue weighted by Crippen LogP contribution is 2.47. The maximum Gasteiger partial charge on any atom is 0.0620 e. The fraction of sp³-hybridized carbons (Fsp3) is 0.115. The fourth-order valence-electron chi connectivity index (χ4n) is 11.4. The van der Waals surface area contributed by atoms with Crippen molar-refractivity contribution in [3.63, 3.8) is 0 Å². The molecule has 4 heterocycles. The minimum absolute atomic E-state index is 0.105. The van der Waals surface area contributed by atoms with Crippen LogP contribution in [0.1, 0.15) is 56.0 Å². The van der Waals surface area contributed by atoms with Crippen LogP contribution in [-0.4, -0.2) is 8.80 Å². The van der Waals surface area contributed by atoms with Gasteiger partial charge in [-0.25, -0.2) is 0 Å². The SMILES string of the molecule is Cc1cc(C(c2ccccc2)c2ccc3c4cccc5c6cc7c(cc6n(c3c2)c45)c2cccc3c4ccc(N(c5ccccc5)c5cc(C)c(C)c(C)c5)cc4n7c32)cc(C)c1C. The average Bonchev–Trinajstić information content (AvgIpc) is 4.03. The Labute approximate surface area is 372 Å². The Balaban J connectivity index is 1.07. The molecule has 13 aromatic rings. The number of hydrogen-bond acceptors (Lipinski definition) is 1. The molecule has 0 amide bonds. The van der Waals surface area contributed by atoms with E-state index in [-0.39, 0.29) is 5.92 Å². The second-order valence-electron chi connectivity index (χ2n) is 18.4. The molecule has 0 aliphatic heterocycles. The summed E-state index contributed by atoms with van der Waals surface area (Å²) in [5.41, 5.74) is 23.0. The first kappa shape index (κ1) is 37.0. The maximum absolute atomic E-state index is 2.57. The summed E-state index contributed by atoms with van der Waals surface area (Å²) in [7, 11) is 0. The lowest BCUT2D eigenvalue weighted by atomic mass is 9.83. The summed E-state index contributed by atoms with van der Waals surface area (Å²) in [5.74, 6) is 0.105. The fourth-order valence-corrected chi connectivity index (χ4v) is 11.4. The van der Waals surface area contributed by atoms with Crippen LogP contribution in [0.3, 0.4) is 0 Å². The van der Waals surface area contributed by atoms with Gasteiger partial charge in [-0.05, 0) is 146 Å². The lowest BCUT2D eigenvalue weighted by molar-refractivity contribution is 0.969. The highest BCUT2D eigenvalue weighted by Gasteiger charge is 2.25. The van der Waals surface area contributed by atoms with Crippen LogP contribution < -0.4 is 4.90 Å². The third kappa shape index (κ3) is 5.10. The van der Waals surface area contributed by atoms with Crippen molar-refractivity contribution >= 4 is 93.3 Å². The number of benzene rings is 9. The summed E-state index contributed by atoms with van der Waals surface area (Å²) in [6, 6.07) is 64.4. The van der Waals surface area contributed by atoms with Gasteiger partial charge >= 0.3 is 0 Å². The molecule has 0 N–H and O–H groups in total. The zero-order valence-corrected chi connectivity index (χ0v) is 37.1. The van der Waals surface area contributed by atoms with Gasteiger partial charge in [-0.3, -0.25) is 0 Å². The lowest BCUT2D eigenvalue weighted by Crippen LogP contribution is -2.10. The Morgan fingerprint density at radius 2 is 0.781 bits per heavy atom. The molecule has 64 heavy (non-hydrogen) atoms. The molecule has 4 aromatic heterocycles. The molecule has 3 nitrogen and oxygen atoms in total. The number of para-hydroxylation sites is 3. The molecule has 1 unspecified atom stereocenters. The van der Waals surface area contributed by atoms with Crippen LogP contribution in [0, 0.1) is 41.5 Å². The van der Waals surface area contributed by atoms with E-state index < -0.39 is 0 Å². The highest BCUT2D eigenvalue weighted by atomic mass is 15.1. The number of anilines is 3. The first-order valence-electron chi connectivity index (χ1n) is 22.6. The van der Waals surface area contributed by atoms with E-state index in [1.165, 1.54) is 132 Å². The first-order chi connectivity index (χ1) is 31.2. The molecule has 0 saturated carbocycles. The van der Waals surface area contributed by atoms with E-state index in [1.807, 2.05) is 0 Å². The van der Waals surface area contributed by atoms with Gasteiger partial charge in [0.2, 0.25) is 0 Å². The molecule has 0 fully saturated rings. The van der Waals surface area contributed by atoms with E-state index in [2.05, 4.69) is 225 Å². The predicted molar refractivity (Wildman–Crippen MR) is 273 cm³/mol. The molecule has 13 rings (SSSR count). The summed E-state index contributed by atoms with van der Waals surface area (Å²) in [6.45, 7) is 13.4. The van der Waals surface area contributed by atoms with Gasteiger partial charge in [0.25, 0.3) is 0 Å². The topological polar surface area (TPSA) is 12.1 Å². The monoisotopic (exact) mass is 821 g/mol. The number of fused-ring (bicyclic) bond motifs is 12. The third-order valence-corrected chi connectivity index (χ3v) is 15.0. The summed E-state index contributed by atoms with van der Waals surface area (Å²) in [6.07, 6.45) is 0. The van der Waals surface area contributed by atoms with Crippen LogP contribution in [0.2, 0.25) is 0 Å². The largest absolute Gasteiger partial charge is 0.310 e. The van der Waals surface area contributed by atoms with E-state index in [0.29, 0.717) is 0 Å². The number of nitrogens with zero attached hydrogens (tertiary/aromatic N) is 3. The number of aromatic nitrogens is 2. The van der Waals surface area contributed by atoms with Crippen molar-refractivity contribution in [1.29, 1.82) is 0 Å². The molecule has 0 aliphatic rings. The van der Waals surface area contributed by atoms with Gasteiger partial charge in [0, 0.05) is 66.1 Å². The standard InChI is InChI=1S/C61H47N3/c1-35-27-43(28-36(2)39(35)5)59(41-15-9-7-10-16-41)42-23-25-47-49-19-13-21-51-53-34-58-54(33-57(53)63(60(49)51)55(47)31-42)52-22-14-20-50-48-26-24-45(32-56(48)64(58)61(50)52)62(44-17-11-8-12-18-44)46-29-37(3)40(6)38(4)30-46/h7-34,59H,1-6H3. The molecule has 3 heteroatoms. The van der Waals surface area contributed by atoms with Gasteiger partial charge < -0.3 is 13.7 Å².